The van der Waals surface area contributed by atoms with Gasteiger partial charge in [-0.3, -0.25) is 10.1 Å². The topological polar surface area (TPSA) is 79.4 Å². The van der Waals surface area contributed by atoms with Gasteiger partial charge in [0.1, 0.15) is 0 Å². The quantitative estimate of drug-likeness (QED) is 0.604. The van der Waals surface area contributed by atoms with E-state index in [4.69, 9.17) is 0 Å². The highest BCUT2D eigenvalue weighted by Gasteiger charge is 2.23. The van der Waals surface area contributed by atoms with Gasteiger partial charge >= 0.3 is 0 Å². The lowest BCUT2D eigenvalue weighted by atomic mass is 10.2. The molecule has 0 unspecified atom stereocenters. The predicted molar refractivity (Wildman–Crippen MR) is 117 cm³/mol. The van der Waals surface area contributed by atoms with Gasteiger partial charge < -0.3 is 0 Å². The Labute approximate surface area is 175 Å². The first-order valence-corrected chi connectivity index (χ1v) is 11.6. The van der Waals surface area contributed by atoms with Gasteiger partial charge in [0.15, 0.2) is 5.13 Å². The lowest BCUT2D eigenvalue weighted by Crippen LogP contribution is -2.30. The Hall–Kier alpha value is -2.55. The zero-order valence-electron chi connectivity index (χ0n) is 16.5. The van der Waals surface area contributed by atoms with Crippen molar-refractivity contribution >= 4 is 32.4 Å². The minimum absolute atomic E-state index is 0.106. The van der Waals surface area contributed by atoms with E-state index < -0.39 is 15.9 Å². The van der Waals surface area contributed by atoms with Crippen molar-refractivity contribution in [3.8, 4) is 10.4 Å². The predicted octanol–water partition coefficient (Wildman–Crippen LogP) is 4.40. The highest BCUT2D eigenvalue weighted by molar-refractivity contribution is 7.89. The molecule has 29 heavy (non-hydrogen) atoms. The third kappa shape index (κ3) is 4.55. The molecule has 0 bridgehead atoms. The summed E-state index contributed by atoms with van der Waals surface area (Å²) >= 11 is 1.39. The summed E-state index contributed by atoms with van der Waals surface area (Å²) in [5.41, 5.74) is 2.14. The first-order chi connectivity index (χ1) is 13.9. The van der Waals surface area contributed by atoms with Gasteiger partial charge in [-0.05, 0) is 30.7 Å². The molecule has 1 N–H and O–H groups in total. The molecule has 152 valence electrons. The lowest BCUT2D eigenvalue weighted by molar-refractivity contribution is 0.102. The van der Waals surface area contributed by atoms with Gasteiger partial charge in [-0.2, -0.15) is 4.31 Å². The summed E-state index contributed by atoms with van der Waals surface area (Å²) in [6.07, 6.45) is 0. The average Bonchev–Trinajstić information content (AvgIpc) is 3.09. The van der Waals surface area contributed by atoms with Crippen LogP contribution in [0.3, 0.4) is 0 Å². The van der Waals surface area contributed by atoms with Crippen LogP contribution < -0.4 is 5.32 Å². The summed E-state index contributed by atoms with van der Waals surface area (Å²) < 4.78 is 26.8. The van der Waals surface area contributed by atoms with Gasteiger partial charge in [-0.15, -0.1) is 0 Å². The van der Waals surface area contributed by atoms with Crippen LogP contribution in [-0.2, 0) is 10.0 Å². The first kappa shape index (κ1) is 21.2. The molecule has 8 heteroatoms. The van der Waals surface area contributed by atoms with E-state index in [1.807, 2.05) is 37.3 Å². The summed E-state index contributed by atoms with van der Waals surface area (Å²) in [5, 5.41) is 3.26. The second-order valence-corrected chi connectivity index (χ2v) is 9.31. The Kier molecular flexibility index (Phi) is 6.46. The number of nitrogens with one attached hydrogen (secondary N) is 1. The number of thiazole rings is 1. The monoisotopic (exact) mass is 429 g/mol. The zero-order chi connectivity index (χ0) is 21.0. The molecule has 3 rings (SSSR count). The van der Waals surface area contributed by atoms with Crippen LogP contribution in [0, 0.1) is 6.92 Å². The number of rotatable bonds is 7. The maximum atomic E-state index is 12.7. The Morgan fingerprint density at radius 2 is 1.76 bits per heavy atom. The Bertz CT molecular complexity index is 1110. The highest BCUT2D eigenvalue weighted by atomic mass is 32.2. The molecular weight excluding hydrogens is 406 g/mol. The van der Waals surface area contributed by atoms with Crippen LogP contribution in [0.2, 0.25) is 0 Å². The van der Waals surface area contributed by atoms with E-state index >= 15 is 0 Å². The minimum atomic E-state index is -3.63. The first-order valence-electron chi connectivity index (χ1n) is 9.31. The van der Waals surface area contributed by atoms with Gasteiger partial charge in [-0.25, -0.2) is 13.4 Å². The highest BCUT2D eigenvalue weighted by Crippen LogP contribution is 2.32. The van der Waals surface area contributed by atoms with E-state index in [9.17, 15) is 13.2 Å². The van der Waals surface area contributed by atoms with E-state index in [0.29, 0.717) is 18.2 Å². The molecule has 0 saturated carbocycles. The van der Waals surface area contributed by atoms with Crippen LogP contribution >= 0.6 is 11.3 Å². The van der Waals surface area contributed by atoms with Crippen LogP contribution in [0.5, 0.6) is 0 Å². The second-order valence-electron chi connectivity index (χ2n) is 6.37. The molecule has 1 heterocycles. The Morgan fingerprint density at radius 1 is 1.07 bits per heavy atom. The summed E-state index contributed by atoms with van der Waals surface area (Å²) in [6, 6.07) is 15.9. The summed E-state index contributed by atoms with van der Waals surface area (Å²) in [7, 11) is -3.63. The molecule has 2 aromatic carbocycles. The minimum Gasteiger partial charge on any atom is -0.298 e. The molecule has 0 spiro atoms. The van der Waals surface area contributed by atoms with Crippen molar-refractivity contribution in [2.75, 3.05) is 18.4 Å². The van der Waals surface area contributed by atoms with Gasteiger partial charge in [0.05, 0.1) is 15.5 Å². The number of aryl methyl sites for hydroxylation is 1. The van der Waals surface area contributed by atoms with Crippen molar-refractivity contribution in [2.45, 2.75) is 25.7 Å². The van der Waals surface area contributed by atoms with E-state index in [0.717, 1.165) is 16.1 Å². The fourth-order valence-electron chi connectivity index (χ4n) is 2.99. The van der Waals surface area contributed by atoms with Crippen LogP contribution in [0.1, 0.15) is 29.9 Å². The third-order valence-corrected chi connectivity index (χ3v) is 7.66. The number of carbonyl (C=O) groups excluding carboxylic acids is 1. The smallest absolute Gasteiger partial charge is 0.257 e. The second kappa shape index (κ2) is 8.86. The van der Waals surface area contributed by atoms with Crippen LogP contribution in [0.4, 0.5) is 5.13 Å². The van der Waals surface area contributed by atoms with Crippen molar-refractivity contribution in [2.24, 2.45) is 0 Å². The molecule has 0 aliphatic heterocycles. The number of hydrogen-bond donors (Lipinski definition) is 1. The maximum absolute atomic E-state index is 12.7. The zero-order valence-corrected chi connectivity index (χ0v) is 18.2. The van der Waals surface area contributed by atoms with Gasteiger partial charge in [0.2, 0.25) is 10.0 Å². The fraction of sp³-hybridized carbons (Fsp3) is 0.238. The van der Waals surface area contributed by atoms with Crippen LogP contribution in [0.15, 0.2) is 59.5 Å². The Balaban J connectivity index is 1.84. The number of hydrogen-bond acceptors (Lipinski definition) is 5. The van der Waals surface area contributed by atoms with E-state index in [1.54, 1.807) is 26.0 Å². The molecule has 0 radical (unpaired) electrons. The van der Waals surface area contributed by atoms with Gasteiger partial charge in [0, 0.05) is 18.7 Å². The van der Waals surface area contributed by atoms with Crippen molar-refractivity contribution in [1.82, 2.24) is 9.29 Å². The fourth-order valence-corrected chi connectivity index (χ4v) is 5.46. The summed E-state index contributed by atoms with van der Waals surface area (Å²) in [4.78, 5) is 18.2. The molecule has 1 amide bonds. The van der Waals surface area contributed by atoms with Crippen molar-refractivity contribution < 1.29 is 13.2 Å². The lowest BCUT2D eigenvalue weighted by Gasteiger charge is -2.18. The van der Waals surface area contributed by atoms with Crippen molar-refractivity contribution in [1.29, 1.82) is 0 Å². The maximum Gasteiger partial charge on any atom is 0.257 e. The molecule has 0 aliphatic rings. The molecular formula is C21H23N3O3S2. The molecule has 0 saturated heterocycles. The summed E-state index contributed by atoms with van der Waals surface area (Å²) in [6.45, 7) is 6.21. The molecule has 3 aromatic rings. The number of anilines is 1. The number of benzene rings is 2. The van der Waals surface area contributed by atoms with Crippen molar-refractivity contribution in [3.05, 3.63) is 65.9 Å². The number of sulfonamides is 1. The third-order valence-electron chi connectivity index (χ3n) is 4.49. The molecule has 0 atom stereocenters. The average molecular weight is 430 g/mol. The molecule has 0 fully saturated rings. The molecule has 1 aromatic heterocycles. The summed E-state index contributed by atoms with van der Waals surface area (Å²) in [5.74, 6) is -0.394. The van der Waals surface area contributed by atoms with E-state index in [1.165, 1.54) is 27.8 Å². The van der Waals surface area contributed by atoms with E-state index in [2.05, 4.69) is 10.3 Å². The largest absolute Gasteiger partial charge is 0.298 e. The van der Waals surface area contributed by atoms with Gasteiger partial charge in [-0.1, -0.05) is 61.6 Å². The molecule has 0 aliphatic carbocycles. The SMILES string of the molecule is CCN(CC)S(=O)(=O)c1cccc(C(=O)Nc2nc(C)c(-c3ccccc3)s2)c1. The van der Waals surface area contributed by atoms with Crippen molar-refractivity contribution in [3.63, 3.8) is 0 Å². The van der Waals surface area contributed by atoms with E-state index in [-0.39, 0.29) is 10.5 Å². The number of amides is 1. The normalized spacial score (nSPS) is 11.6. The Morgan fingerprint density at radius 3 is 2.41 bits per heavy atom. The van der Waals surface area contributed by atoms with Crippen LogP contribution in [0.25, 0.3) is 10.4 Å². The number of aromatic nitrogens is 1. The van der Waals surface area contributed by atoms with Crippen LogP contribution in [-0.4, -0.2) is 36.7 Å². The van der Waals surface area contributed by atoms with Gasteiger partial charge in [0.25, 0.3) is 5.91 Å². The number of nitrogens with zero attached hydrogens (tertiary/aromatic N) is 2. The molecule has 6 nitrogen and oxygen atoms in total. The number of carbonyl (C=O) groups is 1. The standard InChI is InChI=1S/C21H23N3O3S2/c1-4-24(5-2)29(26,27)18-13-9-12-17(14-18)20(25)23-21-22-15(3)19(28-21)16-10-7-6-8-11-16/h6-14H,4-5H2,1-3H3,(H,22,23,25).